The van der Waals surface area contributed by atoms with Gasteiger partial charge in [-0.3, -0.25) is 9.35 Å². The van der Waals surface area contributed by atoms with Gasteiger partial charge in [-0.1, -0.05) is 30.3 Å². The van der Waals surface area contributed by atoms with E-state index < -0.39 is 16.1 Å². The van der Waals surface area contributed by atoms with Crippen molar-refractivity contribution in [2.45, 2.75) is 12.7 Å². The highest BCUT2D eigenvalue weighted by Gasteiger charge is 2.04. The minimum Gasteiger partial charge on any atom is -0.481 e. The summed E-state index contributed by atoms with van der Waals surface area (Å²) in [6.07, 6.45) is 0. The van der Waals surface area contributed by atoms with E-state index in [1.807, 2.05) is 0 Å². The number of carbonyl (C=O) groups is 1. The Hall–Kier alpha value is -1.40. The molecule has 1 aromatic carbocycles. The minimum absolute atomic E-state index is 0.312. The van der Waals surface area contributed by atoms with Gasteiger partial charge in [-0.05, 0) is 5.56 Å². The van der Waals surface area contributed by atoms with Crippen LogP contribution in [0, 0.1) is 0 Å². The van der Waals surface area contributed by atoms with Crippen molar-refractivity contribution in [1.29, 1.82) is 0 Å². The summed E-state index contributed by atoms with van der Waals surface area (Å²) in [6, 6.07) is 8.52. The molecule has 0 spiro atoms. The average Bonchev–Trinajstić information content (AvgIpc) is 2.01. The van der Waals surface area contributed by atoms with Crippen LogP contribution in [0.5, 0.6) is 0 Å². The highest BCUT2D eigenvalue weighted by Crippen LogP contribution is 2.02. The molecule has 15 heavy (non-hydrogen) atoms. The third-order valence-electron chi connectivity index (χ3n) is 1.19. The molecule has 0 bridgehead atoms. The van der Waals surface area contributed by atoms with Gasteiger partial charge >= 0.3 is 0 Å². The summed E-state index contributed by atoms with van der Waals surface area (Å²) in [6.45, 7) is 1.08. The molecule has 1 aromatic rings. The molecule has 5 nitrogen and oxygen atoms in total. The maximum absolute atomic E-state index is 10.4. The second-order valence-electron chi connectivity index (χ2n) is 2.73. The van der Waals surface area contributed by atoms with Gasteiger partial charge in [0, 0.05) is 6.92 Å². The lowest BCUT2D eigenvalue weighted by Gasteiger charge is -1.95. The zero-order chi connectivity index (χ0) is 11.9. The molecule has 0 fully saturated rings. The van der Waals surface area contributed by atoms with Gasteiger partial charge in [0.25, 0.3) is 16.1 Å². The van der Waals surface area contributed by atoms with Crippen LogP contribution in [-0.2, 0) is 20.7 Å². The molecule has 0 aromatic heterocycles. The molecule has 2 N–H and O–H groups in total. The number of rotatable bonds is 2. The predicted molar refractivity (Wildman–Crippen MR) is 55.0 cm³/mol. The third-order valence-corrected chi connectivity index (χ3v) is 1.89. The van der Waals surface area contributed by atoms with Crippen LogP contribution in [0.2, 0.25) is 0 Å². The highest BCUT2D eigenvalue weighted by molar-refractivity contribution is 7.85. The van der Waals surface area contributed by atoms with Crippen LogP contribution in [-0.4, -0.2) is 24.0 Å². The zero-order valence-electron chi connectivity index (χ0n) is 8.12. The summed E-state index contributed by atoms with van der Waals surface area (Å²) in [5, 5.41) is 7.42. The molecule has 0 saturated carbocycles. The van der Waals surface area contributed by atoms with Crippen molar-refractivity contribution in [2.24, 2.45) is 0 Å². The van der Waals surface area contributed by atoms with Gasteiger partial charge in [-0.15, -0.1) is 0 Å². The molecule has 84 valence electrons. The van der Waals surface area contributed by atoms with Crippen LogP contribution in [0.3, 0.4) is 0 Å². The van der Waals surface area contributed by atoms with Gasteiger partial charge in [0.15, 0.2) is 0 Å². The maximum atomic E-state index is 10.4. The Kier molecular flexibility index (Phi) is 5.58. The SMILES string of the molecule is CC(=O)O.O=S(=O)(O)Cc1ccccc1. The first kappa shape index (κ1) is 13.6. The fourth-order valence-corrected chi connectivity index (χ4v) is 1.40. The molecule has 0 saturated heterocycles. The van der Waals surface area contributed by atoms with E-state index in [0.717, 1.165) is 6.92 Å². The van der Waals surface area contributed by atoms with E-state index in [9.17, 15) is 8.42 Å². The summed E-state index contributed by atoms with van der Waals surface area (Å²) < 4.78 is 29.2. The van der Waals surface area contributed by atoms with Gasteiger partial charge in [-0.25, -0.2) is 0 Å². The highest BCUT2D eigenvalue weighted by atomic mass is 32.2. The quantitative estimate of drug-likeness (QED) is 0.746. The first-order valence-corrected chi connectivity index (χ1v) is 5.61. The molecule has 0 unspecified atom stereocenters. The van der Waals surface area contributed by atoms with Crippen LogP contribution >= 0.6 is 0 Å². The maximum Gasteiger partial charge on any atom is 0.300 e. The van der Waals surface area contributed by atoms with Crippen molar-refractivity contribution in [3.8, 4) is 0 Å². The summed E-state index contributed by atoms with van der Waals surface area (Å²) in [5.74, 6) is -1.14. The van der Waals surface area contributed by atoms with Crippen molar-refractivity contribution in [1.82, 2.24) is 0 Å². The fourth-order valence-electron chi connectivity index (χ4n) is 0.785. The van der Waals surface area contributed by atoms with Crippen LogP contribution in [0.4, 0.5) is 0 Å². The number of carboxylic acid groups (broad SMARTS) is 1. The van der Waals surface area contributed by atoms with E-state index >= 15 is 0 Å². The van der Waals surface area contributed by atoms with E-state index in [1.54, 1.807) is 30.3 Å². The van der Waals surface area contributed by atoms with Crippen molar-refractivity contribution in [2.75, 3.05) is 0 Å². The number of benzene rings is 1. The molecule has 0 amide bonds. The number of hydrogen-bond acceptors (Lipinski definition) is 3. The second-order valence-corrected chi connectivity index (χ2v) is 4.18. The molecule has 0 aliphatic carbocycles. The lowest BCUT2D eigenvalue weighted by molar-refractivity contribution is -0.134. The van der Waals surface area contributed by atoms with Crippen LogP contribution < -0.4 is 0 Å². The summed E-state index contributed by atoms with van der Waals surface area (Å²) in [7, 11) is -3.88. The van der Waals surface area contributed by atoms with Crippen molar-refractivity contribution < 1.29 is 22.9 Å². The van der Waals surface area contributed by atoms with Crippen molar-refractivity contribution >= 4 is 16.1 Å². The molecule has 0 aliphatic heterocycles. The smallest absolute Gasteiger partial charge is 0.300 e. The predicted octanol–water partition coefficient (Wildman–Crippen LogP) is 1.17. The van der Waals surface area contributed by atoms with Crippen molar-refractivity contribution in [3.05, 3.63) is 35.9 Å². The van der Waals surface area contributed by atoms with Crippen LogP contribution in [0.1, 0.15) is 12.5 Å². The van der Waals surface area contributed by atoms with Gasteiger partial charge in [0.05, 0.1) is 0 Å². The van der Waals surface area contributed by atoms with Crippen LogP contribution in [0.15, 0.2) is 30.3 Å². The second kappa shape index (κ2) is 6.15. The van der Waals surface area contributed by atoms with E-state index in [-0.39, 0.29) is 5.75 Å². The molecule has 0 aliphatic rings. The Labute approximate surface area is 88.1 Å². The lowest BCUT2D eigenvalue weighted by Crippen LogP contribution is -2.00. The molecule has 1 rings (SSSR count). The molecular formula is C9H12O5S. The first-order valence-electron chi connectivity index (χ1n) is 4.00. The third kappa shape index (κ3) is 10.5. The Morgan fingerprint density at radius 1 is 1.27 bits per heavy atom. The molecule has 6 heteroatoms. The molecular weight excluding hydrogens is 220 g/mol. The Balaban J connectivity index is 0.000000423. The average molecular weight is 232 g/mol. The van der Waals surface area contributed by atoms with Gasteiger partial charge in [0.1, 0.15) is 5.75 Å². The number of carboxylic acids is 1. The Bertz CT molecular complexity index is 392. The minimum atomic E-state index is -3.88. The van der Waals surface area contributed by atoms with Crippen molar-refractivity contribution in [3.63, 3.8) is 0 Å². The summed E-state index contributed by atoms with van der Waals surface area (Å²) in [4.78, 5) is 9.00. The van der Waals surface area contributed by atoms with Gasteiger partial charge < -0.3 is 5.11 Å². The molecule has 0 radical (unpaired) electrons. The Morgan fingerprint density at radius 3 is 2.00 bits per heavy atom. The lowest BCUT2D eigenvalue weighted by atomic mass is 10.2. The van der Waals surface area contributed by atoms with E-state index in [1.165, 1.54) is 0 Å². The summed E-state index contributed by atoms with van der Waals surface area (Å²) in [5.41, 5.74) is 0.593. The topological polar surface area (TPSA) is 91.7 Å². The normalized spacial score (nSPS) is 10.0. The van der Waals surface area contributed by atoms with Gasteiger partial charge in [0.2, 0.25) is 0 Å². The first-order chi connectivity index (χ1) is 6.81. The summed E-state index contributed by atoms with van der Waals surface area (Å²) >= 11 is 0. The molecule has 0 atom stereocenters. The van der Waals surface area contributed by atoms with Gasteiger partial charge in [-0.2, -0.15) is 8.42 Å². The Morgan fingerprint density at radius 2 is 1.67 bits per heavy atom. The van der Waals surface area contributed by atoms with E-state index in [0.29, 0.717) is 5.56 Å². The van der Waals surface area contributed by atoms with E-state index in [2.05, 4.69) is 0 Å². The van der Waals surface area contributed by atoms with Crippen LogP contribution in [0.25, 0.3) is 0 Å². The van der Waals surface area contributed by atoms with E-state index in [4.69, 9.17) is 14.5 Å². The molecule has 0 heterocycles. The fraction of sp³-hybridized carbons (Fsp3) is 0.222. The largest absolute Gasteiger partial charge is 0.481 e. The zero-order valence-corrected chi connectivity index (χ0v) is 8.94. The standard InChI is InChI=1S/C7H8O3S.C2H4O2/c8-11(9,10)6-7-4-2-1-3-5-7;1-2(3)4/h1-5H,6H2,(H,8,9,10);1H3,(H,3,4). The number of aliphatic carboxylic acids is 1. The number of hydrogen-bond donors (Lipinski definition) is 2. The monoisotopic (exact) mass is 232 g/mol.